The summed E-state index contributed by atoms with van der Waals surface area (Å²) >= 11 is 0. The van der Waals surface area contributed by atoms with Crippen LogP contribution in [0.4, 0.5) is 0 Å². The summed E-state index contributed by atoms with van der Waals surface area (Å²) in [6.45, 7) is 3.16. The van der Waals surface area contributed by atoms with Crippen molar-refractivity contribution in [2.75, 3.05) is 0 Å². The van der Waals surface area contributed by atoms with Gasteiger partial charge in [0.1, 0.15) is 11.8 Å². The van der Waals surface area contributed by atoms with Crippen molar-refractivity contribution in [2.45, 2.75) is 45.2 Å². The second kappa shape index (κ2) is 5.30. The van der Waals surface area contributed by atoms with Gasteiger partial charge in [-0.2, -0.15) is 5.26 Å². The molecule has 100 valence electrons. The maximum absolute atomic E-state index is 8.85. The molecular formula is C16H21N3. The van der Waals surface area contributed by atoms with Gasteiger partial charge in [-0.25, -0.2) is 4.98 Å². The first-order valence-corrected chi connectivity index (χ1v) is 7.34. The Hall–Kier alpha value is -1.40. The lowest BCUT2D eigenvalue weighted by atomic mass is 9.84. The minimum atomic E-state index is 0.506. The molecular weight excluding hydrogens is 234 g/mol. The topological polar surface area (TPSA) is 48.7 Å². The maximum atomic E-state index is 8.85. The molecule has 0 spiro atoms. The standard InChI is InChI=1S/C16H21N3/c1-11(16-8-12-2-3-14(16)6-12)19-10-13-4-5-18-15(7-13)9-17/h4-5,7,11-12,14,16,19H,2-3,6,8,10H2,1H3. The summed E-state index contributed by atoms with van der Waals surface area (Å²) in [5.41, 5.74) is 1.66. The van der Waals surface area contributed by atoms with Crippen LogP contribution in [0.5, 0.6) is 0 Å². The molecule has 1 aromatic rings. The Morgan fingerprint density at radius 2 is 2.37 bits per heavy atom. The Morgan fingerprint density at radius 1 is 1.47 bits per heavy atom. The van der Waals surface area contributed by atoms with Gasteiger partial charge in [0, 0.05) is 18.8 Å². The predicted octanol–water partition coefficient (Wildman–Crippen LogP) is 2.87. The molecule has 2 bridgehead atoms. The summed E-state index contributed by atoms with van der Waals surface area (Å²) in [5, 5.41) is 12.5. The van der Waals surface area contributed by atoms with Crippen LogP contribution in [0, 0.1) is 29.1 Å². The van der Waals surface area contributed by atoms with Crippen molar-refractivity contribution in [2.24, 2.45) is 17.8 Å². The van der Waals surface area contributed by atoms with E-state index in [4.69, 9.17) is 5.26 Å². The van der Waals surface area contributed by atoms with E-state index in [1.165, 1.54) is 25.7 Å². The van der Waals surface area contributed by atoms with Gasteiger partial charge in [0.15, 0.2) is 0 Å². The predicted molar refractivity (Wildman–Crippen MR) is 74.2 cm³/mol. The SMILES string of the molecule is CC(NCc1ccnc(C#N)c1)C1CC2CCC1C2. The molecule has 1 N–H and O–H groups in total. The number of pyridine rings is 1. The summed E-state index contributed by atoms with van der Waals surface area (Å²) in [5.74, 6) is 2.82. The first-order valence-electron chi connectivity index (χ1n) is 7.34. The first kappa shape index (κ1) is 12.6. The number of rotatable bonds is 4. The van der Waals surface area contributed by atoms with E-state index in [0.717, 1.165) is 29.9 Å². The van der Waals surface area contributed by atoms with Gasteiger partial charge in [0.25, 0.3) is 0 Å². The van der Waals surface area contributed by atoms with E-state index in [0.29, 0.717) is 11.7 Å². The second-order valence-corrected chi connectivity index (χ2v) is 6.17. The zero-order valence-electron chi connectivity index (χ0n) is 11.5. The van der Waals surface area contributed by atoms with E-state index in [2.05, 4.69) is 23.3 Å². The fourth-order valence-electron chi connectivity index (χ4n) is 3.98. The molecule has 0 aliphatic heterocycles. The number of hydrogen-bond acceptors (Lipinski definition) is 3. The molecule has 4 atom stereocenters. The lowest BCUT2D eigenvalue weighted by Gasteiger charge is -2.28. The lowest BCUT2D eigenvalue weighted by Crippen LogP contribution is -2.35. The molecule has 1 aromatic heterocycles. The first-order chi connectivity index (χ1) is 9.26. The van der Waals surface area contributed by atoms with Gasteiger partial charge in [-0.3, -0.25) is 0 Å². The highest BCUT2D eigenvalue weighted by atomic mass is 14.9. The molecule has 0 saturated heterocycles. The van der Waals surface area contributed by atoms with E-state index < -0.39 is 0 Å². The van der Waals surface area contributed by atoms with Crippen LogP contribution in [0.3, 0.4) is 0 Å². The van der Waals surface area contributed by atoms with Crippen LogP contribution in [0.2, 0.25) is 0 Å². The monoisotopic (exact) mass is 255 g/mol. The fourth-order valence-corrected chi connectivity index (χ4v) is 3.98. The summed E-state index contributed by atoms with van der Waals surface area (Å²) in [4.78, 5) is 4.00. The number of fused-ring (bicyclic) bond motifs is 2. The minimum absolute atomic E-state index is 0.506. The molecule has 19 heavy (non-hydrogen) atoms. The van der Waals surface area contributed by atoms with Crippen LogP contribution in [-0.2, 0) is 6.54 Å². The number of nitrogens with zero attached hydrogens (tertiary/aromatic N) is 2. The molecule has 3 nitrogen and oxygen atoms in total. The molecule has 2 fully saturated rings. The highest BCUT2D eigenvalue weighted by molar-refractivity contribution is 5.25. The van der Waals surface area contributed by atoms with Gasteiger partial charge < -0.3 is 5.32 Å². The summed E-state index contributed by atoms with van der Waals surface area (Å²) in [7, 11) is 0. The molecule has 3 heteroatoms. The molecule has 2 aliphatic rings. The van der Waals surface area contributed by atoms with Crippen LogP contribution in [0.25, 0.3) is 0 Å². The van der Waals surface area contributed by atoms with Crippen molar-refractivity contribution >= 4 is 0 Å². The lowest BCUT2D eigenvalue weighted by molar-refractivity contribution is 0.259. The quantitative estimate of drug-likeness (QED) is 0.900. The van der Waals surface area contributed by atoms with E-state index in [9.17, 15) is 0 Å². The molecule has 4 unspecified atom stereocenters. The van der Waals surface area contributed by atoms with Gasteiger partial charge >= 0.3 is 0 Å². The molecule has 1 heterocycles. The Kier molecular flexibility index (Phi) is 3.52. The van der Waals surface area contributed by atoms with Gasteiger partial charge in [-0.1, -0.05) is 6.42 Å². The van der Waals surface area contributed by atoms with Gasteiger partial charge in [0.05, 0.1) is 0 Å². The van der Waals surface area contributed by atoms with Crippen LogP contribution >= 0.6 is 0 Å². The molecule has 3 rings (SSSR count). The molecule has 0 amide bonds. The zero-order valence-corrected chi connectivity index (χ0v) is 11.5. The van der Waals surface area contributed by atoms with E-state index in [1.807, 2.05) is 12.1 Å². The molecule has 0 radical (unpaired) electrons. The molecule has 0 aromatic carbocycles. The zero-order chi connectivity index (χ0) is 13.2. The molecule has 2 aliphatic carbocycles. The third kappa shape index (κ3) is 2.64. The minimum Gasteiger partial charge on any atom is -0.310 e. The van der Waals surface area contributed by atoms with Crippen molar-refractivity contribution in [1.29, 1.82) is 5.26 Å². The van der Waals surface area contributed by atoms with Gasteiger partial charge in [0.2, 0.25) is 0 Å². The number of nitrogens with one attached hydrogen (secondary N) is 1. The van der Waals surface area contributed by atoms with Crippen LogP contribution in [0.1, 0.15) is 43.9 Å². The Labute approximate surface area is 115 Å². The van der Waals surface area contributed by atoms with E-state index >= 15 is 0 Å². The van der Waals surface area contributed by atoms with Gasteiger partial charge in [-0.05, 0) is 61.6 Å². The fraction of sp³-hybridized carbons (Fsp3) is 0.625. The van der Waals surface area contributed by atoms with Crippen molar-refractivity contribution in [3.8, 4) is 6.07 Å². The largest absolute Gasteiger partial charge is 0.310 e. The number of nitriles is 1. The van der Waals surface area contributed by atoms with Crippen LogP contribution in [-0.4, -0.2) is 11.0 Å². The van der Waals surface area contributed by atoms with Crippen molar-refractivity contribution < 1.29 is 0 Å². The van der Waals surface area contributed by atoms with Crippen molar-refractivity contribution in [3.05, 3.63) is 29.6 Å². The maximum Gasteiger partial charge on any atom is 0.140 e. The van der Waals surface area contributed by atoms with Crippen molar-refractivity contribution in [1.82, 2.24) is 10.3 Å². The highest BCUT2D eigenvalue weighted by Gasteiger charge is 2.41. The van der Waals surface area contributed by atoms with Crippen molar-refractivity contribution in [3.63, 3.8) is 0 Å². The van der Waals surface area contributed by atoms with E-state index in [1.54, 1.807) is 6.20 Å². The van der Waals surface area contributed by atoms with Crippen LogP contribution in [0.15, 0.2) is 18.3 Å². The average molecular weight is 255 g/mol. The Morgan fingerprint density at radius 3 is 3.05 bits per heavy atom. The normalized spacial score (nSPS) is 30.2. The number of hydrogen-bond donors (Lipinski definition) is 1. The summed E-state index contributed by atoms with van der Waals surface area (Å²) in [6.07, 6.45) is 7.50. The highest BCUT2D eigenvalue weighted by Crippen LogP contribution is 2.49. The third-order valence-electron chi connectivity index (χ3n) is 5.00. The summed E-state index contributed by atoms with van der Waals surface area (Å²) in [6, 6.07) is 6.53. The van der Waals surface area contributed by atoms with Crippen LogP contribution < -0.4 is 5.32 Å². The second-order valence-electron chi connectivity index (χ2n) is 6.17. The summed E-state index contributed by atoms with van der Waals surface area (Å²) < 4.78 is 0. The third-order valence-corrected chi connectivity index (χ3v) is 5.00. The smallest absolute Gasteiger partial charge is 0.140 e. The van der Waals surface area contributed by atoms with Gasteiger partial charge in [-0.15, -0.1) is 0 Å². The Balaban J connectivity index is 1.55. The van der Waals surface area contributed by atoms with E-state index in [-0.39, 0.29) is 0 Å². The number of aromatic nitrogens is 1. The average Bonchev–Trinajstić information content (AvgIpc) is 3.07. The Bertz CT molecular complexity index is 491. The molecule has 2 saturated carbocycles.